The van der Waals surface area contributed by atoms with Gasteiger partial charge in [-0.3, -0.25) is 4.57 Å². The number of benzene rings is 1. The molecule has 1 aromatic carbocycles. The zero-order valence-electron chi connectivity index (χ0n) is 18.3. The largest absolute Gasteiger partial charge is 0.381 e. The van der Waals surface area contributed by atoms with Gasteiger partial charge in [-0.25, -0.2) is 0 Å². The molecule has 0 saturated carbocycles. The third kappa shape index (κ3) is 3.84. The van der Waals surface area contributed by atoms with E-state index in [1.165, 1.54) is 35.0 Å². The van der Waals surface area contributed by atoms with Crippen LogP contribution in [-0.2, 0) is 17.8 Å². The number of hydrogen-bond acceptors (Lipinski definition) is 5. The summed E-state index contributed by atoms with van der Waals surface area (Å²) in [5.41, 5.74) is 1.24. The Kier molecular flexibility index (Phi) is 5.45. The van der Waals surface area contributed by atoms with Crippen LogP contribution in [0, 0.1) is 11.8 Å². The van der Waals surface area contributed by atoms with E-state index in [0.717, 1.165) is 63.0 Å². The Morgan fingerprint density at radius 3 is 2.72 bits per heavy atom. The van der Waals surface area contributed by atoms with Crippen LogP contribution >= 0.6 is 11.3 Å². The fourth-order valence-electron chi connectivity index (χ4n) is 5.37. The number of ether oxygens (including phenoxy) is 1. The van der Waals surface area contributed by atoms with Gasteiger partial charge >= 0.3 is 0 Å². The number of rotatable bonds is 6. The van der Waals surface area contributed by atoms with Crippen molar-refractivity contribution in [2.45, 2.75) is 32.4 Å². The Labute approximate surface area is 192 Å². The van der Waals surface area contributed by atoms with Crippen molar-refractivity contribution in [3.05, 3.63) is 64.7 Å². The van der Waals surface area contributed by atoms with Crippen molar-refractivity contribution in [2.75, 3.05) is 31.2 Å². The van der Waals surface area contributed by atoms with Gasteiger partial charge < -0.3 is 14.2 Å². The average Bonchev–Trinajstić information content (AvgIpc) is 3.63. The molecule has 4 aromatic rings. The summed E-state index contributed by atoms with van der Waals surface area (Å²) in [5, 5.41) is 12.8. The Bertz CT molecular complexity index is 1170. The van der Waals surface area contributed by atoms with Gasteiger partial charge in [-0.2, -0.15) is 0 Å². The monoisotopic (exact) mass is 447 g/mol. The molecule has 0 spiro atoms. The topological polar surface area (TPSA) is 48.1 Å². The van der Waals surface area contributed by atoms with Crippen LogP contribution in [0.3, 0.4) is 0 Å². The lowest BCUT2D eigenvalue weighted by molar-refractivity contribution is 0.0500. The number of hydrogen-bond donors (Lipinski definition) is 0. The molecule has 0 radical (unpaired) electrons. The van der Waals surface area contributed by atoms with Gasteiger partial charge in [0, 0.05) is 42.9 Å². The minimum absolute atomic E-state index is 0.725. The van der Waals surface area contributed by atoms with Gasteiger partial charge in [0.2, 0.25) is 5.95 Å². The van der Waals surface area contributed by atoms with Crippen LogP contribution in [0.15, 0.2) is 54.0 Å². The SMILES string of the molecule is c1csc(Cn2c(Cn3ccc4ccccc43)nnc2N2CCC(C3CCOCC3)C2)c1. The van der Waals surface area contributed by atoms with Crippen molar-refractivity contribution < 1.29 is 4.74 Å². The van der Waals surface area contributed by atoms with Crippen LogP contribution < -0.4 is 4.90 Å². The highest BCUT2D eigenvalue weighted by Crippen LogP contribution is 2.33. The first-order valence-electron chi connectivity index (χ1n) is 11.7. The predicted octanol–water partition coefficient (Wildman–Crippen LogP) is 4.64. The fourth-order valence-corrected chi connectivity index (χ4v) is 6.06. The third-order valence-corrected chi connectivity index (χ3v) is 8.00. The van der Waals surface area contributed by atoms with Crippen molar-refractivity contribution in [3.8, 4) is 0 Å². The van der Waals surface area contributed by atoms with Gasteiger partial charge in [0.25, 0.3) is 0 Å². The van der Waals surface area contributed by atoms with E-state index in [9.17, 15) is 0 Å². The molecule has 166 valence electrons. The number of fused-ring (bicyclic) bond motifs is 1. The maximum absolute atomic E-state index is 5.59. The molecule has 1 atom stereocenters. The molecular weight excluding hydrogens is 418 g/mol. The van der Waals surface area contributed by atoms with Crippen molar-refractivity contribution in [3.63, 3.8) is 0 Å². The lowest BCUT2D eigenvalue weighted by atomic mass is 9.85. The second kappa shape index (κ2) is 8.71. The minimum atomic E-state index is 0.725. The second-order valence-corrected chi connectivity index (χ2v) is 10.1. The highest BCUT2D eigenvalue weighted by atomic mass is 32.1. The molecule has 6 nitrogen and oxygen atoms in total. The summed E-state index contributed by atoms with van der Waals surface area (Å²) in [5.74, 6) is 3.57. The normalized spacial score (nSPS) is 19.9. The Balaban J connectivity index is 1.29. The zero-order valence-corrected chi connectivity index (χ0v) is 19.1. The van der Waals surface area contributed by atoms with E-state index >= 15 is 0 Å². The third-order valence-electron chi connectivity index (χ3n) is 7.13. The van der Waals surface area contributed by atoms with Crippen molar-refractivity contribution in [1.29, 1.82) is 0 Å². The van der Waals surface area contributed by atoms with Crippen LogP contribution in [0.4, 0.5) is 5.95 Å². The van der Waals surface area contributed by atoms with Gasteiger partial charge in [-0.15, -0.1) is 21.5 Å². The average molecular weight is 448 g/mol. The summed E-state index contributed by atoms with van der Waals surface area (Å²) in [6.07, 6.45) is 5.80. The standard InChI is InChI=1S/C25H29N5OS/c1-2-6-23-20(4-1)7-11-28(23)18-24-26-27-25(30(24)17-22-5-3-15-32-22)29-12-8-21(16-29)19-9-13-31-14-10-19/h1-7,11,15,19,21H,8-10,12-14,16-18H2. The zero-order chi connectivity index (χ0) is 21.3. The van der Waals surface area contributed by atoms with Crippen LogP contribution in [0.5, 0.6) is 0 Å². The molecule has 2 aliphatic rings. The quantitative estimate of drug-likeness (QED) is 0.432. The van der Waals surface area contributed by atoms with Crippen LogP contribution in [0.25, 0.3) is 10.9 Å². The molecule has 0 aliphatic carbocycles. The lowest BCUT2D eigenvalue weighted by Gasteiger charge is -2.27. The number of aromatic nitrogens is 4. The van der Waals surface area contributed by atoms with Crippen molar-refractivity contribution >= 4 is 28.2 Å². The molecule has 3 aromatic heterocycles. The van der Waals surface area contributed by atoms with E-state index < -0.39 is 0 Å². The molecule has 7 heteroatoms. The van der Waals surface area contributed by atoms with Gasteiger partial charge in [0.15, 0.2) is 5.82 Å². The number of anilines is 1. The maximum Gasteiger partial charge on any atom is 0.227 e. The van der Waals surface area contributed by atoms with Gasteiger partial charge in [-0.1, -0.05) is 24.3 Å². The molecule has 2 saturated heterocycles. The van der Waals surface area contributed by atoms with E-state index in [0.29, 0.717) is 0 Å². The molecule has 0 bridgehead atoms. The molecular formula is C25H29N5OS. The molecule has 6 rings (SSSR count). The summed E-state index contributed by atoms with van der Waals surface area (Å²) in [6.45, 7) is 5.54. The van der Waals surface area contributed by atoms with Gasteiger partial charge in [0.05, 0.1) is 13.1 Å². The Hall–Kier alpha value is -2.64. The van der Waals surface area contributed by atoms with Crippen LogP contribution in [0.2, 0.25) is 0 Å². The molecule has 1 unspecified atom stereocenters. The highest BCUT2D eigenvalue weighted by molar-refractivity contribution is 7.09. The van der Waals surface area contributed by atoms with E-state index in [1.807, 2.05) is 0 Å². The van der Waals surface area contributed by atoms with E-state index in [4.69, 9.17) is 14.9 Å². The highest BCUT2D eigenvalue weighted by Gasteiger charge is 2.33. The Morgan fingerprint density at radius 1 is 0.938 bits per heavy atom. The smallest absolute Gasteiger partial charge is 0.227 e. The first-order valence-corrected chi connectivity index (χ1v) is 12.5. The molecule has 32 heavy (non-hydrogen) atoms. The molecule has 5 heterocycles. The summed E-state index contributed by atoms with van der Waals surface area (Å²) >= 11 is 1.80. The van der Waals surface area contributed by atoms with Crippen molar-refractivity contribution in [2.24, 2.45) is 11.8 Å². The summed E-state index contributed by atoms with van der Waals surface area (Å²) < 4.78 is 10.2. The number of nitrogens with zero attached hydrogens (tertiary/aromatic N) is 5. The van der Waals surface area contributed by atoms with E-state index in [2.05, 4.69) is 68.1 Å². The number of thiophene rings is 1. The molecule has 2 fully saturated rings. The van der Waals surface area contributed by atoms with E-state index in [-0.39, 0.29) is 0 Å². The lowest BCUT2D eigenvalue weighted by Crippen LogP contribution is -2.28. The van der Waals surface area contributed by atoms with Gasteiger partial charge in [-0.05, 0) is 60.1 Å². The fraction of sp³-hybridized carbons (Fsp3) is 0.440. The first-order chi connectivity index (χ1) is 15.8. The molecule has 2 aliphatic heterocycles. The number of para-hydroxylation sites is 1. The summed E-state index contributed by atoms with van der Waals surface area (Å²) in [6, 6.07) is 15.0. The minimum Gasteiger partial charge on any atom is -0.381 e. The summed E-state index contributed by atoms with van der Waals surface area (Å²) in [7, 11) is 0. The molecule has 0 N–H and O–H groups in total. The Morgan fingerprint density at radius 2 is 1.84 bits per heavy atom. The predicted molar refractivity (Wildman–Crippen MR) is 128 cm³/mol. The molecule has 0 amide bonds. The first kappa shape index (κ1) is 20.0. The summed E-state index contributed by atoms with van der Waals surface area (Å²) in [4.78, 5) is 3.81. The maximum atomic E-state index is 5.59. The van der Waals surface area contributed by atoms with Gasteiger partial charge in [0.1, 0.15) is 0 Å². The van der Waals surface area contributed by atoms with Crippen LogP contribution in [-0.4, -0.2) is 45.6 Å². The van der Waals surface area contributed by atoms with Crippen LogP contribution in [0.1, 0.15) is 30.0 Å². The van der Waals surface area contributed by atoms with E-state index in [1.54, 1.807) is 11.3 Å². The van der Waals surface area contributed by atoms with Crippen molar-refractivity contribution in [1.82, 2.24) is 19.3 Å². The second-order valence-electron chi connectivity index (χ2n) is 9.03.